The van der Waals surface area contributed by atoms with Crippen molar-refractivity contribution in [2.45, 2.75) is 11.1 Å². The molecule has 0 saturated carbocycles. The number of benzene rings is 3. The molecule has 4 heterocycles. The van der Waals surface area contributed by atoms with Gasteiger partial charge in [0.15, 0.2) is 0 Å². The van der Waals surface area contributed by atoms with E-state index in [-0.39, 0.29) is 11.9 Å². The van der Waals surface area contributed by atoms with Crippen molar-refractivity contribution in [3.8, 4) is 0 Å². The van der Waals surface area contributed by atoms with Crippen molar-refractivity contribution in [2.24, 2.45) is 5.92 Å². The third kappa shape index (κ3) is 1.67. The first-order valence-electron chi connectivity index (χ1n) is 9.04. The van der Waals surface area contributed by atoms with E-state index in [9.17, 15) is 9.59 Å². The molecule has 0 spiro atoms. The van der Waals surface area contributed by atoms with E-state index in [1.807, 2.05) is 42.5 Å². The van der Waals surface area contributed by atoms with Gasteiger partial charge in [-0.05, 0) is 35.2 Å². The molecule has 4 aliphatic heterocycles. The molecule has 0 radical (unpaired) electrons. The van der Waals surface area contributed by atoms with Crippen LogP contribution in [0.2, 0.25) is 0 Å². The van der Waals surface area contributed by atoms with Gasteiger partial charge in [0.25, 0.3) is 0 Å². The highest BCUT2D eigenvalue weighted by atomic mass is 31.1. The molecule has 27 heavy (non-hydrogen) atoms. The SMILES string of the molecule is O=C1OC(=O)C2C1P1c3ccccc3C2(c2ccccc2)c2ccccc21. The lowest BCUT2D eigenvalue weighted by atomic mass is 9.60. The first-order chi connectivity index (χ1) is 13.2. The van der Waals surface area contributed by atoms with E-state index in [1.54, 1.807) is 0 Å². The zero-order chi connectivity index (χ0) is 18.2. The van der Waals surface area contributed by atoms with Crippen LogP contribution in [0, 0.1) is 5.92 Å². The number of esters is 2. The number of ether oxygens (including phenoxy) is 1. The van der Waals surface area contributed by atoms with E-state index < -0.39 is 24.9 Å². The largest absolute Gasteiger partial charge is 0.392 e. The Bertz CT molecular complexity index is 1070. The van der Waals surface area contributed by atoms with Crippen molar-refractivity contribution in [1.82, 2.24) is 0 Å². The molecular formula is C23H15O3P. The Kier molecular flexibility index (Phi) is 2.92. The Morgan fingerprint density at radius 2 is 1.26 bits per heavy atom. The fourth-order valence-electron chi connectivity index (χ4n) is 5.29. The molecule has 3 aromatic carbocycles. The normalized spacial score (nSPS) is 29.7. The van der Waals surface area contributed by atoms with Crippen LogP contribution in [0.4, 0.5) is 0 Å². The average molecular weight is 370 g/mol. The number of rotatable bonds is 1. The lowest BCUT2D eigenvalue weighted by Gasteiger charge is -2.53. The van der Waals surface area contributed by atoms with Gasteiger partial charge in [-0.15, -0.1) is 0 Å². The second-order valence-corrected chi connectivity index (χ2v) is 9.50. The molecule has 3 nitrogen and oxygen atoms in total. The number of carbonyl (C=O) groups is 2. The summed E-state index contributed by atoms with van der Waals surface area (Å²) in [4.78, 5) is 25.7. The van der Waals surface area contributed by atoms with Gasteiger partial charge in [0.1, 0.15) is 5.66 Å². The Hall–Kier alpha value is -2.77. The third-order valence-corrected chi connectivity index (χ3v) is 9.05. The highest BCUT2D eigenvalue weighted by molar-refractivity contribution is 7.75. The molecule has 0 aliphatic carbocycles. The smallest absolute Gasteiger partial charge is 0.322 e. The highest BCUT2D eigenvalue weighted by Gasteiger charge is 2.68. The van der Waals surface area contributed by atoms with E-state index >= 15 is 0 Å². The van der Waals surface area contributed by atoms with Gasteiger partial charge in [-0.2, -0.15) is 0 Å². The molecule has 3 aromatic rings. The van der Waals surface area contributed by atoms with Crippen molar-refractivity contribution in [3.05, 3.63) is 95.6 Å². The van der Waals surface area contributed by atoms with Crippen LogP contribution in [0.25, 0.3) is 0 Å². The number of cyclic esters (lactones) is 2. The van der Waals surface area contributed by atoms with Gasteiger partial charge in [0, 0.05) is 0 Å². The highest BCUT2D eigenvalue weighted by Crippen LogP contribution is 2.66. The molecule has 4 heteroatoms. The maximum absolute atomic E-state index is 13.0. The number of carbonyl (C=O) groups excluding carboxylic acids is 2. The topological polar surface area (TPSA) is 43.4 Å². The van der Waals surface area contributed by atoms with Crippen LogP contribution in [0.15, 0.2) is 78.9 Å². The summed E-state index contributed by atoms with van der Waals surface area (Å²) < 4.78 is 5.24. The standard InChI is InChI=1S/C23H15O3P/c24-21-19-20(22(25)26-21)27-17-12-6-4-10-15(17)23(19,14-8-2-1-3-9-14)16-11-5-7-13-18(16)27/h1-13,19-20H. The van der Waals surface area contributed by atoms with Crippen LogP contribution in [0.1, 0.15) is 16.7 Å². The average Bonchev–Trinajstić information content (AvgIpc) is 3.03. The summed E-state index contributed by atoms with van der Waals surface area (Å²) in [6, 6.07) is 26.7. The fraction of sp³-hybridized carbons (Fsp3) is 0.130. The van der Waals surface area contributed by atoms with Crippen LogP contribution >= 0.6 is 7.92 Å². The van der Waals surface area contributed by atoms with Gasteiger partial charge in [-0.1, -0.05) is 78.9 Å². The van der Waals surface area contributed by atoms with Crippen molar-refractivity contribution >= 4 is 30.5 Å². The molecule has 1 saturated heterocycles. The van der Waals surface area contributed by atoms with E-state index in [2.05, 4.69) is 36.4 Å². The second-order valence-electron chi connectivity index (χ2n) is 7.24. The molecule has 2 bridgehead atoms. The zero-order valence-electron chi connectivity index (χ0n) is 14.3. The molecule has 0 aromatic heterocycles. The minimum absolute atomic E-state index is 0.361. The van der Waals surface area contributed by atoms with E-state index in [0.29, 0.717) is 0 Å². The van der Waals surface area contributed by atoms with Crippen LogP contribution in [0.3, 0.4) is 0 Å². The summed E-state index contributed by atoms with van der Waals surface area (Å²) in [5, 5.41) is 2.39. The number of hydrogen-bond donors (Lipinski definition) is 0. The van der Waals surface area contributed by atoms with Crippen LogP contribution in [-0.4, -0.2) is 17.6 Å². The summed E-state index contributed by atoms with van der Waals surface area (Å²) in [7, 11) is -0.959. The maximum atomic E-state index is 13.0. The van der Waals surface area contributed by atoms with Crippen LogP contribution < -0.4 is 10.6 Å². The molecule has 2 atom stereocenters. The van der Waals surface area contributed by atoms with Crippen LogP contribution in [0.5, 0.6) is 0 Å². The molecule has 130 valence electrons. The quantitative estimate of drug-likeness (QED) is 0.376. The molecular weight excluding hydrogens is 355 g/mol. The zero-order valence-corrected chi connectivity index (χ0v) is 15.2. The predicted octanol–water partition coefficient (Wildman–Crippen LogP) is 2.85. The minimum Gasteiger partial charge on any atom is -0.392 e. The molecule has 2 unspecified atom stereocenters. The molecule has 0 N–H and O–H groups in total. The molecule has 7 rings (SSSR count). The Balaban J connectivity index is 1.83. The first-order valence-corrected chi connectivity index (χ1v) is 10.4. The van der Waals surface area contributed by atoms with Crippen LogP contribution in [-0.2, 0) is 19.7 Å². The number of hydrogen-bond acceptors (Lipinski definition) is 3. The Morgan fingerprint density at radius 1 is 0.704 bits per heavy atom. The van der Waals surface area contributed by atoms with Gasteiger partial charge >= 0.3 is 11.9 Å². The van der Waals surface area contributed by atoms with Crippen molar-refractivity contribution in [2.75, 3.05) is 0 Å². The summed E-state index contributed by atoms with van der Waals surface area (Å²) in [5.41, 5.74) is 2.25. The first kappa shape index (κ1) is 15.3. The van der Waals surface area contributed by atoms with Gasteiger partial charge in [-0.25, -0.2) is 0 Å². The second kappa shape index (κ2) is 5.15. The lowest BCUT2D eigenvalue weighted by Crippen LogP contribution is -2.58. The lowest BCUT2D eigenvalue weighted by molar-refractivity contribution is -0.153. The van der Waals surface area contributed by atoms with E-state index in [4.69, 9.17) is 4.74 Å². The third-order valence-electron chi connectivity index (χ3n) is 6.16. The van der Waals surface area contributed by atoms with Gasteiger partial charge in [0.05, 0.1) is 11.3 Å². The summed E-state index contributed by atoms with van der Waals surface area (Å²) in [6.45, 7) is 0. The van der Waals surface area contributed by atoms with Gasteiger partial charge < -0.3 is 4.74 Å². The summed E-state index contributed by atoms with van der Waals surface area (Å²) >= 11 is 0. The predicted molar refractivity (Wildman–Crippen MR) is 104 cm³/mol. The van der Waals surface area contributed by atoms with E-state index in [0.717, 1.165) is 16.7 Å². The summed E-state index contributed by atoms with van der Waals surface area (Å²) in [5.74, 6) is -1.24. The fourth-order valence-corrected chi connectivity index (χ4v) is 8.57. The van der Waals surface area contributed by atoms with Crippen molar-refractivity contribution in [3.63, 3.8) is 0 Å². The molecule has 0 amide bonds. The summed E-state index contributed by atoms with van der Waals surface area (Å²) in [6.07, 6.45) is 0. The Labute approximate surface area is 157 Å². The monoisotopic (exact) mass is 370 g/mol. The minimum atomic E-state index is -0.959. The maximum Gasteiger partial charge on any atom is 0.322 e. The van der Waals surface area contributed by atoms with E-state index in [1.165, 1.54) is 10.6 Å². The van der Waals surface area contributed by atoms with Gasteiger partial charge in [-0.3, -0.25) is 9.59 Å². The van der Waals surface area contributed by atoms with Crippen molar-refractivity contribution < 1.29 is 14.3 Å². The van der Waals surface area contributed by atoms with Gasteiger partial charge in [0.2, 0.25) is 0 Å². The molecule has 1 fully saturated rings. The molecule has 4 aliphatic rings. The van der Waals surface area contributed by atoms with Crippen molar-refractivity contribution in [1.29, 1.82) is 0 Å². The Morgan fingerprint density at radius 3 is 1.89 bits per heavy atom.